The SMILES string of the molecule is COC(=O)c1ccc(Cc2cc3c(s2)CCN([C@@H](C(=O)OC)c2ccccc2Cl)C3)cc1. The fraction of sp³-hybridized carbons (Fsp3) is 0.280. The molecule has 0 fully saturated rings. The van der Waals surface area contributed by atoms with E-state index >= 15 is 0 Å². The molecule has 0 radical (unpaired) electrons. The third-order valence-corrected chi connectivity index (χ3v) is 7.27. The molecule has 0 bridgehead atoms. The lowest BCUT2D eigenvalue weighted by Crippen LogP contribution is -2.38. The summed E-state index contributed by atoms with van der Waals surface area (Å²) in [7, 11) is 2.79. The monoisotopic (exact) mass is 469 g/mol. The van der Waals surface area contributed by atoms with Crippen molar-refractivity contribution in [3.8, 4) is 0 Å². The van der Waals surface area contributed by atoms with Gasteiger partial charge in [-0.15, -0.1) is 11.3 Å². The van der Waals surface area contributed by atoms with E-state index in [9.17, 15) is 9.59 Å². The molecule has 1 aromatic heterocycles. The normalized spacial score (nSPS) is 14.5. The van der Waals surface area contributed by atoms with Crippen molar-refractivity contribution in [2.24, 2.45) is 0 Å². The lowest BCUT2D eigenvalue weighted by Gasteiger charge is -2.33. The van der Waals surface area contributed by atoms with Gasteiger partial charge in [0.05, 0.1) is 19.8 Å². The van der Waals surface area contributed by atoms with E-state index < -0.39 is 6.04 Å². The summed E-state index contributed by atoms with van der Waals surface area (Å²) in [6.45, 7) is 1.42. The molecule has 1 aliphatic heterocycles. The Labute approximate surface area is 196 Å². The maximum absolute atomic E-state index is 12.7. The number of rotatable bonds is 6. The zero-order chi connectivity index (χ0) is 22.7. The Bertz CT molecular complexity index is 1130. The lowest BCUT2D eigenvalue weighted by atomic mass is 10.0. The van der Waals surface area contributed by atoms with Crippen molar-refractivity contribution < 1.29 is 19.1 Å². The molecule has 1 atom stereocenters. The number of nitrogens with zero attached hydrogens (tertiary/aromatic N) is 1. The molecule has 0 aliphatic carbocycles. The van der Waals surface area contributed by atoms with Crippen LogP contribution in [0.25, 0.3) is 0 Å². The van der Waals surface area contributed by atoms with Crippen molar-refractivity contribution in [3.63, 3.8) is 0 Å². The van der Waals surface area contributed by atoms with Crippen LogP contribution >= 0.6 is 22.9 Å². The van der Waals surface area contributed by atoms with E-state index in [4.69, 9.17) is 21.1 Å². The molecule has 166 valence electrons. The molecule has 2 heterocycles. The Hall–Kier alpha value is -2.67. The van der Waals surface area contributed by atoms with Crippen LogP contribution in [-0.4, -0.2) is 37.6 Å². The quantitative estimate of drug-likeness (QED) is 0.473. The number of benzene rings is 2. The summed E-state index contributed by atoms with van der Waals surface area (Å²) in [6, 6.07) is 16.6. The van der Waals surface area contributed by atoms with Crippen LogP contribution in [0.1, 0.15) is 42.8 Å². The smallest absolute Gasteiger partial charge is 0.337 e. The van der Waals surface area contributed by atoms with Gasteiger partial charge in [0, 0.05) is 34.3 Å². The van der Waals surface area contributed by atoms with Crippen molar-refractivity contribution in [3.05, 3.63) is 91.6 Å². The van der Waals surface area contributed by atoms with E-state index in [0.717, 1.165) is 30.5 Å². The number of hydrogen-bond donors (Lipinski definition) is 0. The number of fused-ring (bicyclic) bond motifs is 1. The summed E-state index contributed by atoms with van der Waals surface area (Å²) in [6.07, 6.45) is 1.67. The molecule has 0 spiro atoms. The number of thiophene rings is 1. The molecule has 0 saturated carbocycles. The van der Waals surface area contributed by atoms with Gasteiger partial charge in [-0.25, -0.2) is 9.59 Å². The molecular weight excluding hydrogens is 446 g/mol. The average Bonchev–Trinajstić information content (AvgIpc) is 3.22. The molecule has 32 heavy (non-hydrogen) atoms. The third-order valence-electron chi connectivity index (χ3n) is 5.69. The molecular formula is C25H24ClNO4S. The first-order valence-corrected chi connectivity index (χ1v) is 11.5. The third kappa shape index (κ3) is 4.72. The second-order valence-electron chi connectivity index (χ2n) is 7.69. The minimum Gasteiger partial charge on any atom is -0.468 e. The van der Waals surface area contributed by atoms with Crippen molar-refractivity contribution >= 4 is 34.9 Å². The summed E-state index contributed by atoms with van der Waals surface area (Å²) < 4.78 is 9.87. The van der Waals surface area contributed by atoms with E-state index in [1.54, 1.807) is 18.2 Å². The molecule has 3 aromatic rings. The van der Waals surface area contributed by atoms with Crippen LogP contribution in [0, 0.1) is 0 Å². The fourth-order valence-electron chi connectivity index (χ4n) is 4.08. The molecule has 4 rings (SSSR count). The van der Waals surface area contributed by atoms with Gasteiger partial charge in [-0.3, -0.25) is 4.90 Å². The standard InChI is InChI=1S/C25H24ClNO4S/c1-30-24(28)17-9-7-16(8-10-17)13-19-14-18-15-27(12-11-22(18)32-19)23(25(29)31-2)20-5-3-4-6-21(20)26/h3-10,14,23H,11-13,15H2,1-2H3/t23-/m1/s1. The molecule has 0 unspecified atom stereocenters. The highest BCUT2D eigenvalue weighted by Gasteiger charge is 2.33. The van der Waals surface area contributed by atoms with Gasteiger partial charge in [0.25, 0.3) is 0 Å². The Morgan fingerprint density at radius 3 is 2.53 bits per heavy atom. The minimum absolute atomic E-state index is 0.303. The van der Waals surface area contributed by atoms with Crippen LogP contribution in [0.15, 0.2) is 54.6 Å². The van der Waals surface area contributed by atoms with Crippen LogP contribution in [0.5, 0.6) is 0 Å². The number of halogens is 1. The van der Waals surface area contributed by atoms with Gasteiger partial charge in [-0.05, 0) is 47.4 Å². The summed E-state index contributed by atoms with van der Waals surface area (Å²) in [5.74, 6) is -0.635. The van der Waals surface area contributed by atoms with E-state index in [1.807, 2.05) is 41.7 Å². The van der Waals surface area contributed by atoms with Gasteiger partial charge in [0.1, 0.15) is 6.04 Å². The highest BCUT2D eigenvalue weighted by Crippen LogP contribution is 2.35. The van der Waals surface area contributed by atoms with Gasteiger partial charge in [0.15, 0.2) is 0 Å². The number of ether oxygens (including phenoxy) is 2. The van der Waals surface area contributed by atoms with E-state index in [0.29, 0.717) is 17.1 Å². The fourth-order valence-corrected chi connectivity index (χ4v) is 5.53. The second-order valence-corrected chi connectivity index (χ2v) is 9.32. The van der Waals surface area contributed by atoms with Crippen LogP contribution < -0.4 is 0 Å². The van der Waals surface area contributed by atoms with Crippen LogP contribution in [0.4, 0.5) is 0 Å². The molecule has 7 heteroatoms. The van der Waals surface area contributed by atoms with Crippen molar-refractivity contribution in [1.29, 1.82) is 0 Å². The maximum atomic E-state index is 12.7. The minimum atomic E-state index is -0.531. The predicted octanol–water partition coefficient (Wildman–Crippen LogP) is 5.05. The zero-order valence-electron chi connectivity index (χ0n) is 18.0. The Morgan fingerprint density at radius 2 is 1.84 bits per heavy atom. The van der Waals surface area contributed by atoms with Gasteiger partial charge >= 0.3 is 11.9 Å². The summed E-state index contributed by atoms with van der Waals surface area (Å²) in [5.41, 5.74) is 3.69. The highest BCUT2D eigenvalue weighted by atomic mass is 35.5. The number of carbonyl (C=O) groups is 2. The second kappa shape index (κ2) is 9.86. The number of hydrogen-bond acceptors (Lipinski definition) is 6. The number of carbonyl (C=O) groups excluding carboxylic acids is 2. The summed E-state index contributed by atoms with van der Waals surface area (Å²) >= 11 is 8.22. The number of methoxy groups -OCH3 is 2. The molecule has 5 nitrogen and oxygen atoms in total. The summed E-state index contributed by atoms with van der Waals surface area (Å²) in [5, 5.41) is 0.565. The first kappa shape index (κ1) is 22.5. The average molecular weight is 470 g/mol. The number of esters is 2. The van der Waals surface area contributed by atoms with Gasteiger partial charge in [-0.2, -0.15) is 0 Å². The highest BCUT2D eigenvalue weighted by molar-refractivity contribution is 7.12. The van der Waals surface area contributed by atoms with Crippen molar-refractivity contribution in [2.45, 2.75) is 25.4 Å². The topological polar surface area (TPSA) is 55.8 Å². The van der Waals surface area contributed by atoms with E-state index in [-0.39, 0.29) is 11.9 Å². The molecule has 0 saturated heterocycles. The summed E-state index contributed by atoms with van der Waals surface area (Å²) in [4.78, 5) is 29.0. The van der Waals surface area contributed by atoms with Crippen LogP contribution in [0.3, 0.4) is 0 Å². The van der Waals surface area contributed by atoms with E-state index in [2.05, 4.69) is 11.0 Å². The maximum Gasteiger partial charge on any atom is 0.337 e. The largest absolute Gasteiger partial charge is 0.468 e. The first-order chi connectivity index (χ1) is 15.5. The molecule has 0 amide bonds. The van der Waals surface area contributed by atoms with Crippen molar-refractivity contribution in [2.75, 3.05) is 20.8 Å². The first-order valence-electron chi connectivity index (χ1n) is 10.3. The zero-order valence-corrected chi connectivity index (χ0v) is 19.5. The van der Waals surface area contributed by atoms with Crippen LogP contribution in [-0.2, 0) is 33.7 Å². The molecule has 2 aromatic carbocycles. The van der Waals surface area contributed by atoms with E-state index in [1.165, 1.54) is 29.5 Å². The Kier molecular flexibility index (Phi) is 6.94. The molecule has 0 N–H and O–H groups in total. The van der Waals surface area contributed by atoms with Gasteiger partial charge in [0.2, 0.25) is 0 Å². The van der Waals surface area contributed by atoms with Crippen molar-refractivity contribution in [1.82, 2.24) is 4.90 Å². The van der Waals surface area contributed by atoms with Gasteiger partial charge in [-0.1, -0.05) is 41.9 Å². The Balaban J connectivity index is 1.52. The Morgan fingerprint density at radius 1 is 1.09 bits per heavy atom. The predicted molar refractivity (Wildman–Crippen MR) is 125 cm³/mol. The van der Waals surface area contributed by atoms with Crippen LogP contribution in [0.2, 0.25) is 5.02 Å². The van der Waals surface area contributed by atoms with Gasteiger partial charge < -0.3 is 9.47 Å². The lowest BCUT2D eigenvalue weighted by molar-refractivity contribution is -0.147. The molecule has 1 aliphatic rings.